The van der Waals surface area contributed by atoms with Gasteiger partial charge < -0.3 is 9.13 Å². The van der Waals surface area contributed by atoms with E-state index in [0.29, 0.717) is 0 Å². The zero-order valence-corrected chi connectivity index (χ0v) is 34.0. The molecule has 0 bridgehead atoms. The molecule has 290 valence electrons. The van der Waals surface area contributed by atoms with Gasteiger partial charge >= 0.3 is 0 Å². The standard InChI is InChI=1S/C60H40N2/c1-3-15-41(16-4-1)46-17-13-19-48(39-46)49-20-14-18-47(40-49)44-31-29-42(30-32-44)43-33-35-45(36-34-43)51-23-7-10-26-55(51)62-56-27-11-8-24-52(56)53-37-38-58-59(60(53)62)54-25-9-12-28-57(54)61(58)50-21-5-2-6-22-50/h1-40H. The van der Waals surface area contributed by atoms with Crippen molar-refractivity contribution in [3.63, 3.8) is 0 Å². The van der Waals surface area contributed by atoms with Crippen molar-refractivity contribution in [2.45, 2.75) is 0 Å². The molecule has 0 radical (unpaired) electrons. The third-order valence-electron chi connectivity index (χ3n) is 12.5. The number of rotatable bonds is 7. The maximum absolute atomic E-state index is 2.51. The highest BCUT2D eigenvalue weighted by Gasteiger charge is 2.22. The fourth-order valence-corrected chi connectivity index (χ4v) is 9.61. The van der Waals surface area contributed by atoms with Gasteiger partial charge in [0.25, 0.3) is 0 Å². The second-order valence-electron chi connectivity index (χ2n) is 16.1. The molecule has 0 fully saturated rings. The van der Waals surface area contributed by atoms with Crippen LogP contribution in [-0.2, 0) is 0 Å². The Bertz CT molecular complexity index is 3590. The van der Waals surface area contributed by atoms with Gasteiger partial charge in [0.15, 0.2) is 0 Å². The molecule has 2 heteroatoms. The Balaban J connectivity index is 0.914. The van der Waals surface area contributed by atoms with Crippen LogP contribution in [0, 0.1) is 0 Å². The third-order valence-corrected chi connectivity index (χ3v) is 12.5. The molecule has 0 saturated carbocycles. The zero-order chi connectivity index (χ0) is 41.0. The molecule has 12 aromatic rings. The molecular weight excluding hydrogens is 749 g/mol. The average molecular weight is 789 g/mol. The fraction of sp³-hybridized carbons (Fsp3) is 0. The summed E-state index contributed by atoms with van der Waals surface area (Å²) in [6, 6.07) is 88.2. The smallest absolute Gasteiger partial charge is 0.0641 e. The summed E-state index contributed by atoms with van der Waals surface area (Å²) in [6.45, 7) is 0. The van der Waals surface area contributed by atoms with Crippen molar-refractivity contribution in [2.75, 3.05) is 0 Å². The Morgan fingerprint density at radius 2 is 0.694 bits per heavy atom. The van der Waals surface area contributed by atoms with E-state index in [1.54, 1.807) is 0 Å². The summed E-state index contributed by atoms with van der Waals surface area (Å²) in [5, 5.41) is 5.01. The summed E-state index contributed by atoms with van der Waals surface area (Å²) in [7, 11) is 0. The molecule has 12 rings (SSSR count). The van der Waals surface area contributed by atoms with Crippen LogP contribution in [0.3, 0.4) is 0 Å². The molecule has 0 atom stereocenters. The number of benzene rings is 10. The molecule has 2 nitrogen and oxygen atoms in total. The largest absolute Gasteiger partial charge is 0.309 e. The lowest BCUT2D eigenvalue weighted by Crippen LogP contribution is -1.98. The van der Waals surface area contributed by atoms with Crippen LogP contribution in [0.25, 0.3) is 111 Å². The Kier molecular flexibility index (Phi) is 8.53. The van der Waals surface area contributed by atoms with Gasteiger partial charge in [-0.3, -0.25) is 0 Å². The van der Waals surface area contributed by atoms with Crippen molar-refractivity contribution in [1.82, 2.24) is 9.13 Å². The van der Waals surface area contributed by atoms with Crippen molar-refractivity contribution >= 4 is 43.6 Å². The average Bonchev–Trinajstić information content (AvgIpc) is 3.88. The molecule has 2 aromatic heterocycles. The first-order valence-corrected chi connectivity index (χ1v) is 21.3. The van der Waals surface area contributed by atoms with Crippen LogP contribution in [0.15, 0.2) is 243 Å². The second kappa shape index (κ2) is 14.8. The fourth-order valence-electron chi connectivity index (χ4n) is 9.61. The summed E-state index contributed by atoms with van der Waals surface area (Å²) in [5.74, 6) is 0. The molecule has 0 spiro atoms. The molecule has 2 heterocycles. The van der Waals surface area contributed by atoms with Crippen molar-refractivity contribution < 1.29 is 0 Å². The molecule has 0 unspecified atom stereocenters. The number of nitrogens with zero attached hydrogens (tertiary/aromatic N) is 2. The van der Waals surface area contributed by atoms with Gasteiger partial charge in [0.1, 0.15) is 0 Å². The summed E-state index contributed by atoms with van der Waals surface area (Å²) >= 11 is 0. The first kappa shape index (κ1) is 35.7. The maximum Gasteiger partial charge on any atom is 0.0641 e. The predicted octanol–water partition coefficient (Wildman–Crippen LogP) is 16.2. The molecule has 0 aliphatic heterocycles. The molecule has 0 amide bonds. The van der Waals surface area contributed by atoms with Crippen molar-refractivity contribution in [2.24, 2.45) is 0 Å². The molecule has 0 N–H and O–H groups in total. The number of hydrogen-bond acceptors (Lipinski definition) is 0. The normalized spacial score (nSPS) is 11.5. The molecule has 0 saturated heterocycles. The van der Waals surface area contributed by atoms with Crippen LogP contribution in [0.4, 0.5) is 0 Å². The zero-order valence-electron chi connectivity index (χ0n) is 34.0. The van der Waals surface area contributed by atoms with Gasteiger partial charge in [-0.25, -0.2) is 0 Å². The van der Waals surface area contributed by atoms with Crippen molar-refractivity contribution in [3.05, 3.63) is 243 Å². The maximum atomic E-state index is 2.51. The second-order valence-corrected chi connectivity index (χ2v) is 16.1. The Morgan fingerprint density at radius 1 is 0.242 bits per heavy atom. The van der Waals surface area contributed by atoms with E-state index < -0.39 is 0 Å². The van der Waals surface area contributed by atoms with E-state index in [2.05, 4.69) is 252 Å². The monoisotopic (exact) mass is 788 g/mol. The number of hydrogen-bond donors (Lipinski definition) is 0. The van der Waals surface area contributed by atoms with Crippen LogP contribution in [0.2, 0.25) is 0 Å². The number of fused-ring (bicyclic) bond motifs is 7. The lowest BCUT2D eigenvalue weighted by atomic mass is 9.95. The third kappa shape index (κ3) is 5.96. The van der Waals surface area contributed by atoms with E-state index in [1.165, 1.54) is 99.2 Å². The highest BCUT2D eigenvalue weighted by atomic mass is 15.0. The molecule has 10 aromatic carbocycles. The van der Waals surface area contributed by atoms with E-state index in [4.69, 9.17) is 0 Å². The summed E-state index contributed by atoms with van der Waals surface area (Å²) < 4.78 is 4.91. The number of para-hydroxylation sites is 4. The summed E-state index contributed by atoms with van der Waals surface area (Å²) in [4.78, 5) is 0. The van der Waals surface area contributed by atoms with Gasteiger partial charge in [0.2, 0.25) is 0 Å². The van der Waals surface area contributed by atoms with E-state index in [0.717, 1.165) is 11.4 Å². The van der Waals surface area contributed by atoms with Crippen LogP contribution in [-0.4, -0.2) is 9.13 Å². The van der Waals surface area contributed by atoms with E-state index >= 15 is 0 Å². The SMILES string of the molecule is c1ccc(-c2cccc(-c3cccc(-c4ccc(-c5ccc(-c6ccccc6-n6c7ccccc7c7ccc8c(c9ccccc9n8-c8ccccc8)c76)cc5)cc4)c3)c2)cc1. The molecular formula is C60H40N2. The molecule has 0 aliphatic rings. The summed E-state index contributed by atoms with van der Waals surface area (Å²) in [6.07, 6.45) is 0. The minimum Gasteiger partial charge on any atom is -0.309 e. The van der Waals surface area contributed by atoms with Gasteiger partial charge in [0.05, 0.1) is 27.8 Å². The van der Waals surface area contributed by atoms with Gasteiger partial charge in [-0.1, -0.05) is 194 Å². The molecule has 62 heavy (non-hydrogen) atoms. The van der Waals surface area contributed by atoms with Gasteiger partial charge in [-0.2, -0.15) is 0 Å². The summed E-state index contributed by atoms with van der Waals surface area (Å²) in [5.41, 5.74) is 19.2. The minimum atomic E-state index is 1.16. The topological polar surface area (TPSA) is 9.86 Å². The van der Waals surface area contributed by atoms with Crippen molar-refractivity contribution in [1.29, 1.82) is 0 Å². The van der Waals surface area contributed by atoms with Gasteiger partial charge in [0, 0.05) is 32.8 Å². The van der Waals surface area contributed by atoms with E-state index in [-0.39, 0.29) is 0 Å². The number of aromatic nitrogens is 2. The lowest BCUT2D eigenvalue weighted by Gasteiger charge is -2.15. The van der Waals surface area contributed by atoms with Gasteiger partial charge in [-0.15, -0.1) is 0 Å². The highest BCUT2D eigenvalue weighted by Crippen LogP contribution is 2.43. The van der Waals surface area contributed by atoms with E-state index in [1.807, 2.05) is 0 Å². The first-order valence-electron chi connectivity index (χ1n) is 21.3. The lowest BCUT2D eigenvalue weighted by molar-refractivity contribution is 1.17. The molecule has 0 aliphatic carbocycles. The minimum absolute atomic E-state index is 1.16. The van der Waals surface area contributed by atoms with E-state index in [9.17, 15) is 0 Å². The Morgan fingerprint density at radius 3 is 1.34 bits per heavy atom. The Labute approximate surface area is 360 Å². The first-order chi connectivity index (χ1) is 30.8. The predicted molar refractivity (Wildman–Crippen MR) is 262 cm³/mol. The highest BCUT2D eigenvalue weighted by molar-refractivity contribution is 6.26. The quantitative estimate of drug-likeness (QED) is 0.152. The Hall–Kier alpha value is -8.20. The van der Waals surface area contributed by atoms with Crippen LogP contribution < -0.4 is 0 Å². The van der Waals surface area contributed by atoms with Crippen LogP contribution >= 0.6 is 0 Å². The van der Waals surface area contributed by atoms with Crippen LogP contribution in [0.5, 0.6) is 0 Å². The van der Waals surface area contributed by atoms with Gasteiger partial charge in [-0.05, 0) is 98.6 Å². The van der Waals surface area contributed by atoms with Crippen molar-refractivity contribution in [3.8, 4) is 67.0 Å². The van der Waals surface area contributed by atoms with Crippen LogP contribution in [0.1, 0.15) is 0 Å².